The quantitative estimate of drug-likeness (QED) is 0.522. The van der Waals surface area contributed by atoms with Crippen molar-refractivity contribution in [3.8, 4) is 0 Å². The second-order valence-corrected chi connectivity index (χ2v) is 5.38. The Morgan fingerprint density at radius 1 is 1.12 bits per heavy atom. The molecular weight excluding hydrogens is 192 g/mol. The van der Waals surface area contributed by atoms with Crippen LogP contribution in [0, 0.1) is 5.41 Å². The largest absolute Gasteiger partial charge is 0.0807 e. The molecule has 0 fully saturated rings. The molecule has 0 nitrogen and oxygen atoms in total. The molecule has 0 aromatic rings. The highest BCUT2D eigenvalue weighted by molar-refractivity contribution is 5.31. The van der Waals surface area contributed by atoms with Crippen LogP contribution in [0.15, 0.2) is 36.0 Å². The molecule has 0 atom stereocenters. The standard InChI is InChI=1S/C16H26/c1-4-5-6-11-14-16(2,3)15-12-9-7-8-10-13-15/h7-9,12-13H,4-6,10-11,14H2,1-3H3. The summed E-state index contributed by atoms with van der Waals surface area (Å²) in [6, 6.07) is 0. The van der Waals surface area contributed by atoms with E-state index in [4.69, 9.17) is 0 Å². The minimum atomic E-state index is 0.344. The van der Waals surface area contributed by atoms with Gasteiger partial charge in [0.25, 0.3) is 0 Å². The van der Waals surface area contributed by atoms with Crippen LogP contribution in [0.1, 0.15) is 59.3 Å². The lowest BCUT2D eigenvalue weighted by atomic mass is 9.79. The Morgan fingerprint density at radius 3 is 2.69 bits per heavy atom. The third kappa shape index (κ3) is 4.38. The smallest absolute Gasteiger partial charge is 0.0107 e. The molecule has 1 aliphatic carbocycles. The third-order valence-corrected chi connectivity index (χ3v) is 3.43. The average Bonchev–Trinajstić information content (AvgIpc) is 2.53. The predicted octanol–water partition coefficient (Wildman–Crippen LogP) is 5.43. The van der Waals surface area contributed by atoms with E-state index < -0.39 is 0 Å². The Bertz CT molecular complexity index is 276. The molecule has 0 amide bonds. The summed E-state index contributed by atoms with van der Waals surface area (Å²) >= 11 is 0. The van der Waals surface area contributed by atoms with Crippen molar-refractivity contribution in [1.29, 1.82) is 0 Å². The molecule has 0 aromatic heterocycles. The maximum Gasteiger partial charge on any atom is -0.0107 e. The normalized spacial score (nSPS) is 16.1. The summed E-state index contributed by atoms with van der Waals surface area (Å²) in [6.45, 7) is 7.02. The number of hydrogen-bond acceptors (Lipinski definition) is 0. The predicted molar refractivity (Wildman–Crippen MR) is 73.5 cm³/mol. The highest BCUT2D eigenvalue weighted by Crippen LogP contribution is 2.34. The molecule has 0 aromatic carbocycles. The van der Waals surface area contributed by atoms with E-state index in [2.05, 4.69) is 51.2 Å². The van der Waals surface area contributed by atoms with Gasteiger partial charge in [0.2, 0.25) is 0 Å². The molecule has 0 saturated heterocycles. The summed E-state index contributed by atoms with van der Waals surface area (Å²) in [7, 11) is 0. The van der Waals surface area contributed by atoms with Crippen molar-refractivity contribution in [3.63, 3.8) is 0 Å². The zero-order valence-corrected chi connectivity index (χ0v) is 11.1. The molecule has 0 bridgehead atoms. The number of unbranched alkanes of at least 4 members (excludes halogenated alkanes) is 3. The fourth-order valence-corrected chi connectivity index (χ4v) is 2.22. The van der Waals surface area contributed by atoms with Gasteiger partial charge in [-0.25, -0.2) is 0 Å². The Balaban J connectivity index is 2.46. The van der Waals surface area contributed by atoms with E-state index in [9.17, 15) is 0 Å². The van der Waals surface area contributed by atoms with Crippen LogP contribution in [0.5, 0.6) is 0 Å². The van der Waals surface area contributed by atoms with Crippen LogP contribution in [0.2, 0.25) is 0 Å². The summed E-state index contributed by atoms with van der Waals surface area (Å²) in [6.07, 6.45) is 19.0. The summed E-state index contributed by atoms with van der Waals surface area (Å²) in [4.78, 5) is 0. The van der Waals surface area contributed by atoms with Crippen LogP contribution in [0.4, 0.5) is 0 Å². The van der Waals surface area contributed by atoms with Crippen molar-refractivity contribution in [1.82, 2.24) is 0 Å². The molecule has 90 valence electrons. The van der Waals surface area contributed by atoms with E-state index in [1.165, 1.54) is 37.7 Å². The van der Waals surface area contributed by atoms with E-state index in [1.54, 1.807) is 0 Å². The Hall–Kier alpha value is -0.780. The molecule has 0 aliphatic heterocycles. The molecule has 1 aliphatic rings. The lowest BCUT2D eigenvalue weighted by Crippen LogP contribution is -2.13. The maximum atomic E-state index is 2.38. The fourth-order valence-electron chi connectivity index (χ4n) is 2.22. The highest BCUT2D eigenvalue weighted by Gasteiger charge is 2.20. The zero-order valence-electron chi connectivity index (χ0n) is 11.1. The van der Waals surface area contributed by atoms with Crippen molar-refractivity contribution in [3.05, 3.63) is 36.0 Å². The first kappa shape index (κ1) is 13.3. The van der Waals surface area contributed by atoms with Crippen LogP contribution in [-0.2, 0) is 0 Å². The molecule has 0 saturated carbocycles. The summed E-state index contributed by atoms with van der Waals surface area (Å²) < 4.78 is 0. The Labute approximate surface area is 101 Å². The van der Waals surface area contributed by atoms with Crippen LogP contribution >= 0.6 is 0 Å². The van der Waals surface area contributed by atoms with Gasteiger partial charge in [-0.1, -0.05) is 76.8 Å². The van der Waals surface area contributed by atoms with E-state index in [1.807, 2.05) is 0 Å². The number of rotatable bonds is 6. The van der Waals surface area contributed by atoms with Crippen molar-refractivity contribution >= 4 is 0 Å². The minimum Gasteiger partial charge on any atom is -0.0807 e. The Kier molecular flexibility index (Phi) is 5.59. The molecule has 0 unspecified atom stereocenters. The molecule has 0 heterocycles. The van der Waals surface area contributed by atoms with E-state index >= 15 is 0 Å². The van der Waals surface area contributed by atoms with Gasteiger partial charge in [0.15, 0.2) is 0 Å². The summed E-state index contributed by atoms with van der Waals surface area (Å²) in [5.41, 5.74) is 1.85. The maximum absolute atomic E-state index is 2.38. The summed E-state index contributed by atoms with van der Waals surface area (Å²) in [5.74, 6) is 0. The van der Waals surface area contributed by atoms with Gasteiger partial charge in [0.05, 0.1) is 0 Å². The van der Waals surface area contributed by atoms with Gasteiger partial charge in [0.1, 0.15) is 0 Å². The highest BCUT2D eigenvalue weighted by atomic mass is 14.2. The zero-order chi connectivity index (χ0) is 11.9. The first-order valence-electron chi connectivity index (χ1n) is 6.70. The van der Waals surface area contributed by atoms with Gasteiger partial charge >= 0.3 is 0 Å². The molecular formula is C16H26. The van der Waals surface area contributed by atoms with Crippen LogP contribution in [-0.4, -0.2) is 0 Å². The molecule has 1 rings (SSSR count). The van der Waals surface area contributed by atoms with Crippen molar-refractivity contribution < 1.29 is 0 Å². The monoisotopic (exact) mass is 218 g/mol. The third-order valence-electron chi connectivity index (χ3n) is 3.43. The molecule has 16 heavy (non-hydrogen) atoms. The number of allylic oxidation sites excluding steroid dienone is 6. The second kappa shape index (κ2) is 6.73. The fraction of sp³-hybridized carbons (Fsp3) is 0.625. The molecule has 0 spiro atoms. The first-order chi connectivity index (χ1) is 7.67. The lowest BCUT2D eigenvalue weighted by Gasteiger charge is -2.26. The van der Waals surface area contributed by atoms with E-state index in [-0.39, 0.29) is 0 Å². The van der Waals surface area contributed by atoms with Crippen molar-refractivity contribution in [2.24, 2.45) is 5.41 Å². The van der Waals surface area contributed by atoms with Gasteiger partial charge in [-0.15, -0.1) is 0 Å². The average molecular weight is 218 g/mol. The van der Waals surface area contributed by atoms with Crippen molar-refractivity contribution in [2.45, 2.75) is 59.3 Å². The minimum absolute atomic E-state index is 0.344. The van der Waals surface area contributed by atoms with Gasteiger partial charge in [0, 0.05) is 0 Å². The molecule has 0 heteroatoms. The van der Waals surface area contributed by atoms with E-state index in [0.29, 0.717) is 5.41 Å². The second-order valence-electron chi connectivity index (χ2n) is 5.38. The van der Waals surface area contributed by atoms with E-state index in [0.717, 1.165) is 6.42 Å². The first-order valence-corrected chi connectivity index (χ1v) is 6.70. The molecule has 0 N–H and O–H groups in total. The summed E-state index contributed by atoms with van der Waals surface area (Å²) in [5, 5.41) is 0. The topological polar surface area (TPSA) is 0 Å². The SMILES string of the molecule is CCCCCCC(C)(C)C1=CCC=CC=C1. The van der Waals surface area contributed by atoms with Crippen molar-refractivity contribution in [2.75, 3.05) is 0 Å². The lowest BCUT2D eigenvalue weighted by molar-refractivity contribution is 0.392. The van der Waals surface area contributed by atoms with Gasteiger partial charge in [-0.2, -0.15) is 0 Å². The van der Waals surface area contributed by atoms with Gasteiger partial charge in [-0.05, 0) is 23.8 Å². The van der Waals surface area contributed by atoms with Crippen LogP contribution < -0.4 is 0 Å². The van der Waals surface area contributed by atoms with Crippen LogP contribution in [0.3, 0.4) is 0 Å². The Morgan fingerprint density at radius 2 is 1.94 bits per heavy atom. The molecule has 0 radical (unpaired) electrons. The van der Waals surface area contributed by atoms with Gasteiger partial charge in [-0.3, -0.25) is 0 Å². The van der Waals surface area contributed by atoms with Gasteiger partial charge < -0.3 is 0 Å². The number of hydrogen-bond donors (Lipinski definition) is 0. The van der Waals surface area contributed by atoms with Crippen LogP contribution in [0.25, 0.3) is 0 Å².